The second kappa shape index (κ2) is 9.75. The highest BCUT2D eigenvalue weighted by atomic mass is 79.9. The zero-order valence-electron chi connectivity index (χ0n) is 10.6. The Morgan fingerprint density at radius 2 is 2.00 bits per heavy atom. The van der Waals surface area contributed by atoms with Gasteiger partial charge in [0.05, 0.1) is 11.6 Å². The molecule has 102 valence electrons. The summed E-state index contributed by atoms with van der Waals surface area (Å²) < 4.78 is 5.90. The van der Waals surface area contributed by atoms with Crippen LogP contribution in [0, 0.1) is 0 Å². The first-order chi connectivity index (χ1) is 8.75. The Labute approximate surface area is 122 Å². The van der Waals surface area contributed by atoms with Crippen LogP contribution >= 0.6 is 27.5 Å². The summed E-state index contributed by atoms with van der Waals surface area (Å²) >= 11 is 9.60. The van der Waals surface area contributed by atoms with Crippen LogP contribution in [0.25, 0.3) is 0 Å². The van der Waals surface area contributed by atoms with E-state index in [1.807, 2.05) is 18.2 Å². The average molecular weight is 336 g/mol. The third kappa shape index (κ3) is 6.16. The number of hydrogen-bond acceptors (Lipinski definition) is 3. The molecule has 0 aliphatic heterocycles. The number of hydrogen-bond donors (Lipinski definition) is 2. The monoisotopic (exact) mass is 334 g/mol. The van der Waals surface area contributed by atoms with E-state index in [0.717, 1.165) is 54.3 Å². The number of halogens is 2. The zero-order valence-corrected chi connectivity index (χ0v) is 13.0. The van der Waals surface area contributed by atoms with Crippen molar-refractivity contribution in [3.8, 4) is 0 Å². The van der Waals surface area contributed by atoms with Gasteiger partial charge in [0, 0.05) is 24.7 Å². The van der Waals surface area contributed by atoms with Gasteiger partial charge in [0.2, 0.25) is 0 Å². The molecule has 0 spiro atoms. The van der Waals surface area contributed by atoms with E-state index in [4.69, 9.17) is 16.3 Å². The highest BCUT2D eigenvalue weighted by Crippen LogP contribution is 2.25. The summed E-state index contributed by atoms with van der Waals surface area (Å²) in [6.45, 7) is 4.46. The summed E-state index contributed by atoms with van der Waals surface area (Å²) in [6.07, 6.45) is 1.09. The van der Waals surface area contributed by atoms with Crippen molar-refractivity contribution in [2.45, 2.75) is 13.0 Å². The van der Waals surface area contributed by atoms with Crippen molar-refractivity contribution >= 4 is 27.5 Å². The molecule has 3 nitrogen and oxygen atoms in total. The van der Waals surface area contributed by atoms with Gasteiger partial charge in [-0.05, 0) is 47.1 Å². The summed E-state index contributed by atoms with van der Waals surface area (Å²) in [5, 5.41) is 7.49. The minimum atomic E-state index is 0.765. The Morgan fingerprint density at radius 3 is 2.78 bits per heavy atom. The maximum absolute atomic E-state index is 6.18. The molecule has 0 aliphatic carbocycles. The number of nitrogens with one attached hydrogen (secondary N) is 2. The van der Waals surface area contributed by atoms with E-state index in [9.17, 15) is 0 Å². The van der Waals surface area contributed by atoms with Crippen molar-refractivity contribution in [1.82, 2.24) is 10.6 Å². The summed E-state index contributed by atoms with van der Waals surface area (Å²) in [5.74, 6) is 0. The van der Waals surface area contributed by atoms with E-state index in [0.29, 0.717) is 0 Å². The molecule has 0 bridgehead atoms. The van der Waals surface area contributed by atoms with Gasteiger partial charge in [-0.15, -0.1) is 0 Å². The summed E-state index contributed by atoms with van der Waals surface area (Å²) in [4.78, 5) is 0. The number of rotatable bonds is 9. The average Bonchev–Trinajstić information content (AvgIpc) is 2.37. The summed E-state index contributed by atoms with van der Waals surface area (Å²) in [7, 11) is 1.71. The third-order valence-electron chi connectivity index (χ3n) is 2.54. The lowest BCUT2D eigenvalue weighted by Crippen LogP contribution is -2.24. The molecule has 0 saturated heterocycles. The molecular formula is C13H20BrClN2O. The quantitative estimate of drug-likeness (QED) is 0.681. The maximum Gasteiger partial charge on any atom is 0.0592 e. The molecule has 0 fully saturated rings. The van der Waals surface area contributed by atoms with E-state index in [1.54, 1.807) is 7.11 Å². The molecule has 2 N–H and O–H groups in total. The normalized spacial score (nSPS) is 10.8. The topological polar surface area (TPSA) is 33.3 Å². The summed E-state index contributed by atoms with van der Waals surface area (Å²) in [6, 6.07) is 5.99. The second-order valence-electron chi connectivity index (χ2n) is 3.99. The van der Waals surface area contributed by atoms with Crippen molar-refractivity contribution in [3.05, 3.63) is 33.3 Å². The maximum atomic E-state index is 6.18. The lowest BCUT2D eigenvalue weighted by atomic mass is 10.2. The predicted octanol–water partition coefficient (Wildman–Crippen LogP) is 2.82. The minimum absolute atomic E-state index is 0.765. The van der Waals surface area contributed by atoms with Crippen LogP contribution in [-0.4, -0.2) is 33.4 Å². The first-order valence-corrected chi connectivity index (χ1v) is 7.26. The van der Waals surface area contributed by atoms with Crippen LogP contribution in [0.2, 0.25) is 5.02 Å². The molecule has 0 amide bonds. The number of ether oxygens (including phenoxy) is 1. The van der Waals surface area contributed by atoms with Crippen LogP contribution in [-0.2, 0) is 11.3 Å². The Hall–Kier alpha value is -0.130. The fourth-order valence-electron chi connectivity index (χ4n) is 1.55. The van der Waals surface area contributed by atoms with Gasteiger partial charge in [0.1, 0.15) is 0 Å². The smallest absolute Gasteiger partial charge is 0.0592 e. The van der Waals surface area contributed by atoms with Crippen LogP contribution in [0.15, 0.2) is 22.7 Å². The van der Waals surface area contributed by atoms with E-state index < -0.39 is 0 Å². The Kier molecular flexibility index (Phi) is 8.63. The van der Waals surface area contributed by atoms with E-state index in [2.05, 4.69) is 26.6 Å². The van der Waals surface area contributed by atoms with Crippen molar-refractivity contribution in [2.24, 2.45) is 0 Å². The molecule has 0 aliphatic rings. The lowest BCUT2D eigenvalue weighted by molar-refractivity contribution is 0.199. The molecule has 18 heavy (non-hydrogen) atoms. The van der Waals surface area contributed by atoms with Crippen LogP contribution < -0.4 is 10.6 Å². The van der Waals surface area contributed by atoms with Gasteiger partial charge in [-0.3, -0.25) is 0 Å². The number of benzene rings is 1. The van der Waals surface area contributed by atoms with Crippen molar-refractivity contribution in [1.29, 1.82) is 0 Å². The van der Waals surface area contributed by atoms with Crippen LogP contribution in [0.5, 0.6) is 0 Å². The Bertz CT molecular complexity index is 350. The van der Waals surface area contributed by atoms with E-state index >= 15 is 0 Å². The second-order valence-corrected chi connectivity index (χ2v) is 5.22. The van der Waals surface area contributed by atoms with Gasteiger partial charge in [0.15, 0.2) is 0 Å². The van der Waals surface area contributed by atoms with Gasteiger partial charge >= 0.3 is 0 Å². The van der Waals surface area contributed by atoms with Crippen LogP contribution in [0.3, 0.4) is 0 Å². The molecule has 0 radical (unpaired) electrons. The molecule has 1 aromatic carbocycles. The first-order valence-electron chi connectivity index (χ1n) is 6.09. The van der Waals surface area contributed by atoms with E-state index in [-0.39, 0.29) is 0 Å². The van der Waals surface area contributed by atoms with Crippen LogP contribution in [0.1, 0.15) is 12.0 Å². The highest BCUT2D eigenvalue weighted by molar-refractivity contribution is 9.10. The van der Waals surface area contributed by atoms with Gasteiger partial charge in [-0.1, -0.05) is 23.7 Å². The number of methoxy groups -OCH3 is 1. The third-order valence-corrected chi connectivity index (χ3v) is 3.87. The highest BCUT2D eigenvalue weighted by Gasteiger charge is 2.02. The standard InChI is InChI=1S/C13H20BrClN2O/c1-18-9-8-16-6-3-7-17-10-11-4-2-5-12(14)13(11)15/h2,4-5,16-17H,3,6-10H2,1H3. The molecule has 5 heteroatoms. The molecule has 1 aromatic rings. The van der Waals surface area contributed by atoms with Crippen molar-refractivity contribution in [3.63, 3.8) is 0 Å². The van der Waals surface area contributed by atoms with Crippen molar-refractivity contribution in [2.75, 3.05) is 33.4 Å². The predicted molar refractivity (Wildman–Crippen MR) is 80.2 cm³/mol. The van der Waals surface area contributed by atoms with Gasteiger partial charge in [-0.25, -0.2) is 0 Å². The largest absolute Gasteiger partial charge is 0.383 e. The first kappa shape index (κ1) is 15.9. The van der Waals surface area contributed by atoms with Gasteiger partial charge in [-0.2, -0.15) is 0 Å². The molecule has 1 rings (SSSR count). The summed E-state index contributed by atoms with van der Waals surface area (Å²) in [5.41, 5.74) is 1.12. The lowest BCUT2D eigenvalue weighted by Gasteiger charge is -2.08. The van der Waals surface area contributed by atoms with Gasteiger partial charge < -0.3 is 15.4 Å². The molecule has 0 saturated carbocycles. The molecule has 0 unspecified atom stereocenters. The molecule has 0 atom stereocenters. The molecule has 0 heterocycles. The van der Waals surface area contributed by atoms with Gasteiger partial charge in [0.25, 0.3) is 0 Å². The SMILES string of the molecule is COCCNCCCNCc1cccc(Br)c1Cl. The fraction of sp³-hybridized carbons (Fsp3) is 0.538. The van der Waals surface area contributed by atoms with E-state index in [1.165, 1.54) is 0 Å². The van der Waals surface area contributed by atoms with Crippen molar-refractivity contribution < 1.29 is 4.74 Å². The fourth-order valence-corrected chi connectivity index (χ4v) is 2.15. The zero-order chi connectivity index (χ0) is 13.2. The Balaban J connectivity index is 2.09. The molecule has 0 aromatic heterocycles. The molecular weight excluding hydrogens is 316 g/mol. The minimum Gasteiger partial charge on any atom is -0.383 e. The Morgan fingerprint density at radius 1 is 1.22 bits per heavy atom. The van der Waals surface area contributed by atoms with Crippen LogP contribution in [0.4, 0.5) is 0 Å².